The van der Waals surface area contributed by atoms with Crippen molar-refractivity contribution in [1.82, 2.24) is 4.31 Å². The minimum absolute atomic E-state index is 0.0370. The molecule has 0 N–H and O–H groups in total. The van der Waals surface area contributed by atoms with Gasteiger partial charge in [-0.2, -0.15) is 13.2 Å². The summed E-state index contributed by atoms with van der Waals surface area (Å²) in [5.74, 6) is 0. The lowest BCUT2D eigenvalue weighted by Crippen LogP contribution is -2.09. The van der Waals surface area contributed by atoms with E-state index < -0.39 is 5.51 Å². The molecule has 1 unspecified atom stereocenters. The Morgan fingerprint density at radius 3 is 1.90 bits per heavy atom. The molecule has 0 amide bonds. The van der Waals surface area contributed by atoms with Crippen LogP contribution in [0, 0.1) is 0 Å². The number of alkyl halides is 3. The summed E-state index contributed by atoms with van der Waals surface area (Å²) >= 11 is -0.0370. The Kier molecular flexibility index (Phi) is 1.67. The molecule has 0 aromatic carbocycles. The summed E-state index contributed by atoms with van der Waals surface area (Å²) < 4.78 is 36.1. The molecule has 0 bridgehead atoms. The minimum atomic E-state index is -4.12. The second kappa shape index (κ2) is 2.04. The van der Waals surface area contributed by atoms with Crippen molar-refractivity contribution in [2.24, 2.45) is 0 Å². The predicted octanol–water partition coefficient (Wildman–Crippen LogP) is 2.25. The summed E-state index contributed by atoms with van der Waals surface area (Å²) in [7, 11) is 0. The van der Waals surface area contributed by atoms with Gasteiger partial charge in [0, 0.05) is 24.0 Å². The van der Waals surface area contributed by atoms with Gasteiger partial charge in [-0.3, -0.25) is 0 Å². The van der Waals surface area contributed by atoms with Crippen LogP contribution in [0.4, 0.5) is 13.2 Å². The minimum Gasteiger partial charge on any atom is -0.234 e. The smallest absolute Gasteiger partial charge is 0.234 e. The normalized spacial score (nSPS) is 30.3. The van der Waals surface area contributed by atoms with E-state index in [0.29, 0.717) is 6.54 Å². The first-order valence-corrected chi connectivity index (χ1v) is 3.62. The third kappa shape index (κ3) is 2.05. The van der Waals surface area contributed by atoms with Crippen molar-refractivity contribution in [1.29, 1.82) is 0 Å². The van der Waals surface area contributed by atoms with Crippen LogP contribution in [0.15, 0.2) is 0 Å². The maximum atomic E-state index is 11.6. The van der Waals surface area contributed by atoms with Crippen molar-refractivity contribution in [3.63, 3.8) is 0 Å². The molecule has 1 aliphatic rings. The molecule has 0 radical (unpaired) electrons. The average Bonchev–Trinajstić information content (AvgIpc) is 2.05. The molecule has 1 heterocycles. The van der Waals surface area contributed by atoms with Crippen LogP contribution in [0.25, 0.3) is 0 Å². The topological polar surface area (TPSA) is 3.01 Å². The molecule has 0 aromatic rings. The monoisotopic (exact) mass is 171 g/mol. The molecule has 1 aliphatic heterocycles. The third-order valence-electron chi connectivity index (χ3n) is 1.32. The van der Waals surface area contributed by atoms with Crippen molar-refractivity contribution in [3.8, 4) is 0 Å². The van der Waals surface area contributed by atoms with Gasteiger partial charge >= 0.3 is 5.51 Å². The van der Waals surface area contributed by atoms with Gasteiger partial charge in [-0.05, 0) is 13.8 Å². The van der Waals surface area contributed by atoms with E-state index >= 15 is 0 Å². The van der Waals surface area contributed by atoms with Gasteiger partial charge in [0.2, 0.25) is 0 Å². The van der Waals surface area contributed by atoms with Crippen LogP contribution in [0.5, 0.6) is 0 Å². The van der Waals surface area contributed by atoms with E-state index in [1.54, 1.807) is 13.8 Å². The molecule has 1 atom stereocenters. The Bertz CT molecular complexity index is 142. The SMILES string of the molecule is CC1(C)CN1SC(F)(F)F. The molecule has 0 aliphatic carbocycles. The van der Waals surface area contributed by atoms with Crippen LogP contribution >= 0.6 is 11.9 Å². The van der Waals surface area contributed by atoms with Crippen molar-refractivity contribution in [2.75, 3.05) is 6.54 Å². The van der Waals surface area contributed by atoms with E-state index in [1.807, 2.05) is 0 Å². The maximum Gasteiger partial charge on any atom is 0.456 e. The first kappa shape index (κ1) is 8.20. The zero-order chi connectivity index (χ0) is 7.99. The van der Waals surface area contributed by atoms with Gasteiger partial charge in [-0.15, -0.1) is 0 Å². The van der Waals surface area contributed by atoms with Gasteiger partial charge in [-0.25, -0.2) is 4.31 Å². The first-order valence-electron chi connectivity index (χ1n) is 2.85. The van der Waals surface area contributed by atoms with Crippen molar-refractivity contribution < 1.29 is 13.2 Å². The van der Waals surface area contributed by atoms with Crippen LogP contribution in [0.2, 0.25) is 0 Å². The zero-order valence-corrected chi connectivity index (χ0v) is 6.51. The van der Waals surface area contributed by atoms with Gasteiger partial charge in [0.1, 0.15) is 0 Å². The van der Waals surface area contributed by atoms with Gasteiger partial charge in [-0.1, -0.05) is 0 Å². The van der Waals surface area contributed by atoms with E-state index in [9.17, 15) is 13.2 Å². The van der Waals surface area contributed by atoms with E-state index in [1.165, 1.54) is 4.31 Å². The van der Waals surface area contributed by atoms with E-state index in [4.69, 9.17) is 0 Å². The third-order valence-corrected chi connectivity index (χ3v) is 2.37. The predicted molar refractivity (Wildman–Crippen MR) is 34.4 cm³/mol. The molecule has 10 heavy (non-hydrogen) atoms. The summed E-state index contributed by atoms with van der Waals surface area (Å²) in [5, 5.41) is 0. The Morgan fingerprint density at radius 1 is 1.40 bits per heavy atom. The molecule has 1 saturated heterocycles. The summed E-state index contributed by atoms with van der Waals surface area (Å²) in [4.78, 5) is 0. The van der Waals surface area contributed by atoms with Crippen molar-refractivity contribution in [3.05, 3.63) is 0 Å². The van der Waals surface area contributed by atoms with Crippen LogP contribution < -0.4 is 0 Å². The Hall–Kier alpha value is 0.100. The Morgan fingerprint density at radius 2 is 1.80 bits per heavy atom. The molecule has 60 valence electrons. The van der Waals surface area contributed by atoms with E-state index in [0.717, 1.165) is 0 Å². The summed E-state index contributed by atoms with van der Waals surface area (Å²) in [5.41, 5.74) is -4.37. The molecule has 1 fully saturated rings. The fourth-order valence-corrected chi connectivity index (χ4v) is 1.47. The quantitative estimate of drug-likeness (QED) is 0.439. The largest absolute Gasteiger partial charge is 0.456 e. The molecule has 0 aromatic heterocycles. The molecular formula is C5H8F3NS. The zero-order valence-electron chi connectivity index (χ0n) is 5.70. The summed E-state index contributed by atoms with van der Waals surface area (Å²) in [6.45, 7) is 4.09. The number of hydrogen-bond acceptors (Lipinski definition) is 2. The fourth-order valence-electron chi connectivity index (χ4n) is 0.597. The van der Waals surface area contributed by atoms with Gasteiger partial charge in [0.15, 0.2) is 0 Å². The maximum absolute atomic E-state index is 11.6. The molecule has 0 spiro atoms. The van der Waals surface area contributed by atoms with Crippen LogP contribution in [-0.2, 0) is 0 Å². The van der Waals surface area contributed by atoms with Crippen molar-refractivity contribution in [2.45, 2.75) is 24.9 Å². The molecular weight excluding hydrogens is 163 g/mol. The van der Waals surface area contributed by atoms with Crippen LogP contribution in [0.1, 0.15) is 13.8 Å². The first-order chi connectivity index (χ1) is 4.31. The Balaban J connectivity index is 2.31. The highest BCUT2D eigenvalue weighted by molar-refractivity contribution is 7.98. The summed E-state index contributed by atoms with van der Waals surface area (Å²) in [6, 6.07) is 0. The highest BCUT2D eigenvalue weighted by atomic mass is 32.2. The highest BCUT2D eigenvalue weighted by Crippen LogP contribution is 2.46. The second-order valence-electron chi connectivity index (χ2n) is 2.89. The van der Waals surface area contributed by atoms with Gasteiger partial charge in [0.05, 0.1) is 0 Å². The average molecular weight is 171 g/mol. The lowest BCUT2D eigenvalue weighted by atomic mass is 10.3. The molecule has 1 nitrogen and oxygen atoms in total. The van der Waals surface area contributed by atoms with Crippen LogP contribution in [0.3, 0.4) is 0 Å². The lowest BCUT2D eigenvalue weighted by Gasteiger charge is -2.07. The second-order valence-corrected chi connectivity index (χ2v) is 3.97. The number of rotatable bonds is 1. The molecule has 1 rings (SSSR count). The van der Waals surface area contributed by atoms with E-state index in [-0.39, 0.29) is 17.5 Å². The standard InChI is InChI=1S/C5H8F3NS/c1-4(2)3-9(4)10-5(6,7)8/h3H2,1-2H3. The number of halogens is 3. The number of nitrogens with zero attached hydrogens (tertiary/aromatic N) is 1. The van der Waals surface area contributed by atoms with Crippen LogP contribution in [-0.4, -0.2) is 21.9 Å². The highest BCUT2D eigenvalue weighted by Gasteiger charge is 2.49. The number of hydrogen-bond donors (Lipinski definition) is 0. The van der Waals surface area contributed by atoms with E-state index in [2.05, 4.69) is 0 Å². The van der Waals surface area contributed by atoms with Crippen molar-refractivity contribution >= 4 is 11.9 Å². The van der Waals surface area contributed by atoms with Gasteiger partial charge in [0.25, 0.3) is 0 Å². The molecule has 0 saturated carbocycles. The summed E-state index contributed by atoms with van der Waals surface area (Å²) in [6.07, 6.45) is 0. The molecule has 5 heteroatoms. The lowest BCUT2D eigenvalue weighted by molar-refractivity contribution is -0.0350. The van der Waals surface area contributed by atoms with Gasteiger partial charge < -0.3 is 0 Å². The fraction of sp³-hybridized carbons (Fsp3) is 1.00. The Labute approximate surface area is 61.7 Å².